The summed E-state index contributed by atoms with van der Waals surface area (Å²) in [6.45, 7) is 4.33. The molecule has 0 saturated carbocycles. The number of likely N-dealkylation sites (tertiary alicyclic amines) is 1. The zero-order valence-corrected chi connectivity index (χ0v) is 14.3. The molecule has 2 aromatic rings. The predicted molar refractivity (Wildman–Crippen MR) is 91.9 cm³/mol. The standard InChI is InChI=1S/C18H21FN4O2/c1-3-15(22-8-4-5-17(22)24)18(25)21-13-6-7-16(14(19)9-13)23-11-12(2)10-20-23/h6-7,9-11,15H,3-5,8H2,1-2H3,(H,21,25). The Bertz CT molecular complexity index is 802. The lowest BCUT2D eigenvalue weighted by molar-refractivity contribution is -0.135. The molecule has 25 heavy (non-hydrogen) atoms. The molecule has 0 bridgehead atoms. The lowest BCUT2D eigenvalue weighted by Crippen LogP contribution is -2.44. The first-order valence-electron chi connectivity index (χ1n) is 8.41. The molecule has 2 amide bonds. The number of carbonyl (C=O) groups excluding carboxylic acids is 2. The number of rotatable bonds is 5. The van der Waals surface area contributed by atoms with Gasteiger partial charge in [-0.1, -0.05) is 6.92 Å². The van der Waals surface area contributed by atoms with Crippen LogP contribution in [0.25, 0.3) is 5.69 Å². The number of carbonyl (C=O) groups is 2. The Labute approximate surface area is 145 Å². The van der Waals surface area contributed by atoms with Gasteiger partial charge in [0.05, 0.1) is 6.20 Å². The second-order valence-corrected chi connectivity index (χ2v) is 6.23. The minimum Gasteiger partial charge on any atom is -0.331 e. The number of nitrogens with zero attached hydrogens (tertiary/aromatic N) is 3. The van der Waals surface area contributed by atoms with Crippen LogP contribution in [0.1, 0.15) is 31.7 Å². The molecule has 0 spiro atoms. The Balaban J connectivity index is 1.75. The third-order valence-electron chi connectivity index (χ3n) is 4.35. The molecule has 0 radical (unpaired) electrons. The Morgan fingerprint density at radius 1 is 1.44 bits per heavy atom. The Kier molecular flexibility index (Phi) is 4.83. The Morgan fingerprint density at radius 2 is 2.24 bits per heavy atom. The van der Waals surface area contributed by atoms with E-state index in [1.807, 2.05) is 13.8 Å². The van der Waals surface area contributed by atoms with E-state index in [9.17, 15) is 14.0 Å². The Morgan fingerprint density at radius 3 is 2.80 bits per heavy atom. The van der Waals surface area contributed by atoms with Crippen LogP contribution in [0.3, 0.4) is 0 Å². The first-order valence-corrected chi connectivity index (χ1v) is 8.41. The number of hydrogen-bond acceptors (Lipinski definition) is 3. The van der Waals surface area contributed by atoms with E-state index < -0.39 is 11.9 Å². The summed E-state index contributed by atoms with van der Waals surface area (Å²) < 4.78 is 15.8. The molecule has 3 rings (SSSR count). The number of aromatic nitrogens is 2. The van der Waals surface area contributed by atoms with Gasteiger partial charge < -0.3 is 10.2 Å². The van der Waals surface area contributed by atoms with Crippen molar-refractivity contribution in [1.82, 2.24) is 14.7 Å². The summed E-state index contributed by atoms with van der Waals surface area (Å²) in [7, 11) is 0. The van der Waals surface area contributed by atoms with Crippen molar-refractivity contribution in [3.8, 4) is 5.69 Å². The van der Waals surface area contributed by atoms with Crippen LogP contribution in [0.15, 0.2) is 30.6 Å². The molecule has 1 aromatic carbocycles. The highest BCUT2D eigenvalue weighted by Crippen LogP contribution is 2.21. The van der Waals surface area contributed by atoms with Crippen LogP contribution in [0.2, 0.25) is 0 Å². The number of hydrogen-bond donors (Lipinski definition) is 1. The van der Waals surface area contributed by atoms with Gasteiger partial charge in [-0.2, -0.15) is 5.10 Å². The predicted octanol–water partition coefficient (Wildman–Crippen LogP) is 2.66. The summed E-state index contributed by atoms with van der Waals surface area (Å²) in [6.07, 6.45) is 5.15. The summed E-state index contributed by atoms with van der Waals surface area (Å²) in [6, 6.07) is 3.94. The van der Waals surface area contributed by atoms with Crippen molar-refractivity contribution in [3.05, 3.63) is 42.0 Å². The largest absolute Gasteiger partial charge is 0.331 e. The highest BCUT2D eigenvalue weighted by molar-refractivity contribution is 5.97. The quantitative estimate of drug-likeness (QED) is 0.907. The molecule has 1 saturated heterocycles. The maximum atomic E-state index is 14.4. The van der Waals surface area contributed by atoms with Crippen molar-refractivity contribution >= 4 is 17.5 Å². The highest BCUT2D eigenvalue weighted by atomic mass is 19.1. The number of aryl methyl sites for hydroxylation is 1. The SMILES string of the molecule is CCC(C(=O)Nc1ccc(-n2cc(C)cn2)c(F)c1)N1CCCC1=O. The highest BCUT2D eigenvalue weighted by Gasteiger charge is 2.31. The third-order valence-corrected chi connectivity index (χ3v) is 4.35. The smallest absolute Gasteiger partial charge is 0.247 e. The van der Waals surface area contributed by atoms with Gasteiger partial charge in [0.2, 0.25) is 11.8 Å². The van der Waals surface area contributed by atoms with Crippen LogP contribution in [0, 0.1) is 12.7 Å². The normalized spacial score (nSPS) is 15.5. The Hall–Kier alpha value is -2.70. The van der Waals surface area contributed by atoms with Crippen molar-refractivity contribution < 1.29 is 14.0 Å². The molecule has 1 unspecified atom stereocenters. The van der Waals surface area contributed by atoms with Gasteiger partial charge in [0.15, 0.2) is 5.82 Å². The first-order chi connectivity index (χ1) is 12.0. The second-order valence-electron chi connectivity index (χ2n) is 6.23. The number of anilines is 1. The summed E-state index contributed by atoms with van der Waals surface area (Å²) in [5, 5.41) is 6.80. The topological polar surface area (TPSA) is 67.2 Å². The van der Waals surface area contributed by atoms with Crippen LogP contribution in [-0.4, -0.2) is 39.1 Å². The van der Waals surface area contributed by atoms with Crippen LogP contribution >= 0.6 is 0 Å². The molecule has 1 aromatic heterocycles. The molecule has 7 heteroatoms. The number of amides is 2. The van der Waals surface area contributed by atoms with Crippen molar-refractivity contribution in [2.75, 3.05) is 11.9 Å². The van der Waals surface area contributed by atoms with Gasteiger partial charge in [-0.05, 0) is 43.5 Å². The summed E-state index contributed by atoms with van der Waals surface area (Å²) in [5.74, 6) is -0.774. The van der Waals surface area contributed by atoms with E-state index in [1.165, 1.54) is 10.7 Å². The fraction of sp³-hybridized carbons (Fsp3) is 0.389. The van der Waals surface area contributed by atoms with Crippen LogP contribution in [-0.2, 0) is 9.59 Å². The van der Waals surface area contributed by atoms with E-state index in [-0.39, 0.29) is 11.8 Å². The van der Waals surface area contributed by atoms with Gasteiger partial charge in [0.25, 0.3) is 0 Å². The van der Waals surface area contributed by atoms with E-state index >= 15 is 0 Å². The summed E-state index contributed by atoms with van der Waals surface area (Å²) >= 11 is 0. The summed E-state index contributed by atoms with van der Waals surface area (Å²) in [4.78, 5) is 26.0. The molecule has 1 aliphatic rings. The molecule has 0 aliphatic carbocycles. The lowest BCUT2D eigenvalue weighted by Gasteiger charge is -2.25. The van der Waals surface area contributed by atoms with Gasteiger partial charge in [0.1, 0.15) is 11.7 Å². The van der Waals surface area contributed by atoms with Gasteiger partial charge in [-0.25, -0.2) is 9.07 Å². The average molecular weight is 344 g/mol. The lowest BCUT2D eigenvalue weighted by atomic mass is 10.1. The third kappa shape index (κ3) is 3.55. The summed E-state index contributed by atoms with van der Waals surface area (Å²) in [5.41, 5.74) is 1.60. The minimum atomic E-state index is -0.522. The fourth-order valence-electron chi connectivity index (χ4n) is 3.09. The van der Waals surface area contributed by atoms with Crippen molar-refractivity contribution in [3.63, 3.8) is 0 Å². The molecule has 1 N–H and O–H groups in total. The van der Waals surface area contributed by atoms with E-state index in [1.54, 1.807) is 29.4 Å². The zero-order valence-electron chi connectivity index (χ0n) is 14.3. The second kappa shape index (κ2) is 7.04. The monoisotopic (exact) mass is 344 g/mol. The van der Waals surface area contributed by atoms with Crippen molar-refractivity contribution in [1.29, 1.82) is 0 Å². The molecule has 1 fully saturated rings. The first kappa shape index (κ1) is 17.1. The zero-order chi connectivity index (χ0) is 18.0. The van der Waals surface area contributed by atoms with E-state index in [0.29, 0.717) is 30.8 Å². The minimum absolute atomic E-state index is 0.00224. The molecule has 2 heterocycles. The molecule has 1 atom stereocenters. The van der Waals surface area contributed by atoms with E-state index in [2.05, 4.69) is 10.4 Å². The van der Waals surface area contributed by atoms with E-state index in [4.69, 9.17) is 0 Å². The maximum Gasteiger partial charge on any atom is 0.247 e. The number of halogens is 1. The van der Waals surface area contributed by atoms with Gasteiger partial charge in [-0.15, -0.1) is 0 Å². The molecular weight excluding hydrogens is 323 g/mol. The number of benzene rings is 1. The molecule has 132 valence electrons. The van der Waals surface area contributed by atoms with Crippen LogP contribution in [0.4, 0.5) is 10.1 Å². The molecule has 1 aliphatic heterocycles. The van der Waals surface area contributed by atoms with Gasteiger partial charge in [-0.3, -0.25) is 9.59 Å². The van der Waals surface area contributed by atoms with E-state index in [0.717, 1.165) is 12.0 Å². The number of nitrogens with one attached hydrogen (secondary N) is 1. The van der Waals surface area contributed by atoms with Crippen LogP contribution < -0.4 is 5.32 Å². The molecular formula is C18H21FN4O2. The molecule has 6 nitrogen and oxygen atoms in total. The van der Waals surface area contributed by atoms with Crippen LogP contribution in [0.5, 0.6) is 0 Å². The average Bonchev–Trinajstić information content (AvgIpc) is 3.17. The maximum absolute atomic E-state index is 14.4. The van der Waals surface area contributed by atoms with Crippen molar-refractivity contribution in [2.24, 2.45) is 0 Å². The van der Waals surface area contributed by atoms with Crippen molar-refractivity contribution in [2.45, 2.75) is 39.2 Å². The van der Waals surface area contributed by atoms with Gasteiger partial charge >= 0.3 is 0 Å². The fourth-order valence-corrected chi connectivity index (χ4v) is 3.09. The van der Waals surface area contributed by atoms with Gasteiger partial charge in [0, 0.05) is 24.8 Å².